The third-order valence-corrected chi connectivity index (χ3v) is 4.63. The number of aliphatic hydroxyl groups is 2. The van der Waals surface area contributed by atoms with E-state index < -0.39 is 0 Å². The summed E-state index contributed by atoms with van der Waals surface area (Å²) in [5.74, 6) is 0.868. The van der Waals surface area contributed by atoms with Crippen LogP contribution in [0.5, 0.6) is 5.75 Å². The molecule has 3 rings (SSSR count). The Morgan fingerprint density at radius 1 is 0.950 bits per heavy atom. The summed E-state index contributed by atoms with van der Waals surface area (Å²) in [6, 6.07) is 5.93. The lowest BCUT2D eigenvalue weighted by atomic mass is 9.89. The molecule has 0 saturated heterocycles. The first kappa shape index (κ1) is 13.9. The van der Waals surface area contributed by atoms with E-state index in [1.807, 2.05) is 18.2 Å². The predicted molar refractivity (Wildman–Crippen MR) is 77.8 cm³/mol. The molecule has 110 valence electrons. The van der Waals surface area contributed by atoms with E-state index in [1.165, 1.54) is 6.42 Å². The van der Waals surface area contributed by atoms with Crippen LogP contribution in [0.4, 0.5) is 0 Å². The van der Waals surface area contributed by atoms with E-state index in [2.05, 4.69) is 0 Å². The Kier molecular flexibility index (Phi) is 4.27. The van der Waals surface area contributed by atoms with Gasteiger partial charge >= 0.3 is 0 Å². The van der Waals surface area contributed by atoms with Crippen molar-refractivity contribution in [2.45, 2.75) is 69.7 Å². The van der Waals surface area contributed by atoms with Crippen LogP contribution >= 0.6 is 0 Å². The molecule has 0 spiro atoms. The van der Waals surface area contributed by atoms with Crippen molar-refractivity contribution in [2.24, 2.45) is 0 Å². The Balaban J connectivity index is 1.81. The van der Waals surface area contributed by atoms with Gasteiger partial charge in [-0.25, -0.2) is 0 Å². The van der Waals surface area contributed by atoms with Crippen molar-refractivity contribution >= 4 is 0 Å². The van der Waals surface area contributed by atoms with Crippen molar-refractivity contribution in [1.29, 1.82) is 0 Å². The molecule has 0 radical (unpaired) electrons. The second kappa shape index (κ2) is 6.15. The number of fused-ring (bicyclic) bond motifs is 1. The lowest BCUT2D eigenvalue weighted by Gasteiger charge is -2.27. The van der Waals surface area contributed by atoms with Crippen LogP contribution in [0, 0.1) is 0 Å². The van der Waals surface area contributed by atoms with Gasteiger partial charge in [-0.3, -0.25) is 0 Å². The summed E-state index contributed by atoms with van der Waals surface area (Å²) in [6.45, 7) is 0. The molecule has 1 aromatic carbocycles. The second-order valence-corrected chi connectivity index (χ2v) is 6.09. The predicted octanol–water partition coefficient (Wildman–Crippen LogP) is 3.13. The van der Waals surface area contributed by atoms with Gasteiger partial charge in [-0.2, -0.15) is 0 Å². The molecule has 0 bridgehead atoms. The fourth-order valence-electron chi connectivity index (χ4n) is 3.46. The minimum Gasteiger partial charge on any atom is -0.487 e. The molecule has 2 N–H and O–H groups in total. The van der Waals surface area contributed by atoms with Gasteiger partial charge in [0.25, 0.3) is 0 Å². The van der Waals surface area contributed by atoms with Crippen LogP contribution in [-0.4, -0.2) is 22.4 Å². The van der Waals surface area contributed by atoms with Crippen molar-refractivity contribution in [2.75, 3.05) is 0 Å². The Morgan fingerprint density at radius 3 is 2.70 bits per heavy atom. The smallest absolute Gasteiger partial charge is 0.124 e. The summed E-state index contributed by atoms with van der Waals surface area (Å²) in [4.78, 5) is 0. The molecule has 3 nitrogen and oxygen atoms in total. The van der Waals surface area contributed by atoms with E-state index in [-0.39, 0.29) is 18.3 Å². The minimum absolute atomic E-state index is 0.0944. The molecule has 0 aromatic heterocycles. The zero-order valence-corrected chi connectivity index (χ0v) is 11.9. The molecule has 2 aliphatic rings. The van der Waals surface area contributed by atoms with Crippen molar-refractivity contribution < 1.29 is 14.9 Å². The van der Waals surface area contributed by atoms with Crippen LogP contribution in [0.3, 0.4) is 0 Å². The molecule has 3 unspecified atom stereocenters. The Hall–Kier alpha value is -1.06. The van der Waals surface area contributed by atoms with Crippen LogP contribution < -0.4 is 4.74 Å². The van der Waals surface area contributed by atoms with Crippen molar-refractivity contribution in [3.05, 3.63) is 29.3 Å². The van der Waals surface area contributed by atoms with E-state index in [9.17, 15) is 10.2 Å². The highest BCUT2D eigenvalue weighted by Crippen LogP contribution is 2.36. The zero-order chi connectivity index (χ0) is 13.9. The summed E-state index contributed by atoms with van der Waals surface area (Å²) in [5, 5.41) is 20.3. The maximum absolute atomic E-state index is 10.2. The van der Waals surface area contributed by atoms with E-state index in [0.29, 0.717) is 0 Å². The van der Waals surface area contributed by atoms with Crippen molar-refractivity contribution in [3.63, 3.8) is 0 Å². The number of benzene rings is 1. The Morgan fingerprint density at radius 2 is 1.80 bits per heavy atom. The SMILES string of the molecule is OC1CCCc2c(OC3CCCCCC3O)cccc21. The topological polar surface area (TPSA) is 49.7 Å². The molecule has 0 amide bonds. The summed E-state index contributed by atoms with van der Waals surface area (Å²) in [5.41, 5.74) is 2.15. The molecule has 1 aromatic rings. The van der Waals surface area contributed by atoms with Gasteiger partial charge in [0.1, 0.15) is 11.9 Å². The van der Waals surface area contributed by atoms with Crippen LogP contribution in [0.1, 0.15) is 62.2 Å². The van der Waals surface area contributed by atoms with Crippen LogP contribution in [0.15, 0.2) is 18.2 Å². The lowest BCUT2D eigenvalue weighted by molar-refractivity contribution is 0.0309. The normalized spacial score (nSPS) is 30.4. The summed E-state index contributed by atoms with van der Waals surface area (Å²) >= 11 is 0. The molecular weight excluding hydrogens is 252 g/mol. The number of aliphatic hydroxyl groups excluding tert-OH is 2. The fourth-order valence-corrected chi connectivity index (χ4v) is 3.46. The Labute approximate surface area is 120 Å². The third kappa shape index (κ3) is 2.84. The lowest BCUT2D eigenvalue weighted by Crippen LogP contribution is -2.31. The van der Waals surface area contributed by atoms with Gasteiger partial charge in [-0.15, -0.1) is 0 Å². The number of hydrogen-bond donors (Lipinski definition) is 2. The van der Waals surface area contributed by atoms with Gasteiger partial charge in [0.05, 0.1) is 12.2 Å². The highest BCUT2D eigenvalue weighted by Gasteiger charge is 2.26. The first-order valence-electron chi connectivity index (χ1n) is 7.90. The summed E-state index contributed by atoms with van der Waals surface area (Å²) in [7, 11) is 0. The standard InChI is InChI=1S/C17H24O3/c18-14-9-4-7-13-12(14)6-5-11-16(13)20-17-10-3-1-2-8-15(17)19/h5-6,11,14-15,17-19H,1-4,7-10H2. The molecule has 0 heterocycles. The maximum Gasteiger partial charge on any atom is 0.124 e. The van der Waals surface area contributed by atoms with Crippen molar-refractivity contribution in [3.8, 4) is 5.75 Å². The highest BCUT2D eigenvalue weighted by atomic mass is 16.5. The van der Waals surface area contributed by atoms with E-state index in [4.69, 9.17) is 4.74 Å². The van der Waals surface area contributed by atoms with Gasteiger partial charge in [0, 0.05) is 0 Å². The van der Waals surface area contributed by atoms with Gasteiger partial charge in [0.15, 0.2) is 0 Å². The number of rotatable bonds is 2. The first-order valence-corrected chi connectivity index (χ1v) is 7.90. The fraction of sp³-hybridized carbons (Fsp3) is 0.647. The average molecular weight is 276 g/mol. The molecule has 1 fully saturated rings. The van der Waals surface area contributed by atoms with Gasteiger partial charge in [0.2, 0.25) is 0 Å². The highest BCUT2D eigenvalue weighted by molar-refractivity contribution is 5.43. The van der Waals surface area contributed by atoms with E-state index in [0.717, 1.165) is 61.8 Å². The second-order valence-electron chi connectivity index (χ2n) is 6.09. The van der Waals surface area contributed by atoms with Crippen LogP contribution in [0.25, 0.3) is 0 Å². The largest absolute Gasteiger partial charge is 0.487 e. The average Bonchev–Trinajstić information content (AvgIpc) is 2.65. The van der Waals surface area contributed by atoms with Gasteiger partial charge in [-0.1, -0.05) is 25.0 Å². The molecule has 3 heteroatoms. The van der Waals surface area contributed by atoms with Gasteiger partial charge in [-0.05, 0) is 55.7 Å². The van der Waals surface area contributed by atoms with E-state index >= 15 is 0 Å². The molecule has 1 saturated carbocycles. The summed E-state index contributed by atoms with van der Waals surface area (Å²) < 4.78 is 6.13. The third-order valence-electron chi connectivity index (χ3n) is 4.63. The molecule has 3 atom stereocenters. The zero-order valence-electron chi connectivity index (χ0n) is 11.9. The summed E-state index contributed by atoms with van der Waals surface area (Å²) in [6.07, 6.45) is 7.14. The first-order chi connectivity index (χ1) is 9.75. The van der Waals surface area contributed by atoms with Crippen LogP contribution in [-0.2, 0) is 6.42 Å². The molecule has 0 aliphatic heterocycles. The van der Waals surface area contributed by atoms with Gasteiger partial charge < -0.3 is 14.9 Å². The Bertz CT molecular complexity index is 458. The molecular formula is C17H24O3. The maximum atomic E-state index is 10.2. The van der Waals surface area contributed by atoms with Crippen molar-refractivity contribution in [1.82, 2.24) is 0 Å². The number of hydrogen-bond acceptors (Lipinski definition) is 3. The van der Waals surface area contributed by atoms with E-state index in [1.54, 1.807) is 0 Å². The minimum atomic E-state index is -0.360. The number of ether oxygens (including phenoxy) is 1. The van der Waals surface area contributed by atoms with Crippen LogP contribution in [0.2, 0.25) is 0 Å². The molecule has 20 heavy (non-hydrogen) atoms. The monoisotopic (exact) mass is 276 g/mol. The quantitative estimate of drug-likeness (QED) is 0.816. The molecule has 2 aliphatic carbocycles.